The van der Waals surface area contributed by atoms with E-state index < -0.39 is 30.3 Å². The molecule has 0 aliphatic carbocycles. The van der Waals surface area contributed by atoms with Crippen molar-refractivity contribution < 1.29 is 29.3 Å². The number of nitrogens with two attached hydrogens (primary N) is 2. The lowest BCUT2D eigenvalue weighted by atomic mass is 10.1. The van der Waals surface area contributed by atoms with Crippen molar-refractivity contribution in [1.82, 2.24) is 10.3 Å². The molecule has 0 aliphatic heterocycles. The second-order valence-electron chi connectivity index (χ2n) is 5.41. The second kappa shape index (κ2) is 7.99. The Labute approximate surface area is 152 Å². The van der Waals surface area contributed by atoms with Crippen LogP contribution in [0.4, 0.5) is 5.82 Å². The number of hydrogen-bond acceptors (Lipinski definition) is 6. The first-order valence-electron chi connectivity index (χ1n) is 7.54. The molecular formula is C16H17N5O6. The number of carboxylic acid groups (broad SMARTS) is 2. The van der Waals surface area contributed by atoms with Crippen LogP contribution in [0.15, 0.2) is 29.4 Å². The van der Waals surface area contributed by atoms with Crippen LogP contribution in [0.25, 0.3) is 10.8 Å². The molecule has 1 unspecified atom stereocenters. The first-order chi connectivity index (χ1) is 12.7. The number of pyridine rings is 1. The lowest BCUT2D eigenvalue weighted by Crippen LogP contribution is -2.42. The summed E-state index contributed by atoms with van der Waals surface area (Å²) in [4.78, 5) is 42.2. The summed E-state index contributed by atoms with van der Waals surface area (Å²) in [5, 5.41) is 20.9. The number of benzene rings is 1. The van der Waals surface area contributed by atoms with Crippen molar-refractivity contribution in [1.29, 1.82) is 0 Å². The van der Waals surface area contributed by atoms with Gasteiger partial charge in [-0.25, -0.2) is 9.78 Å². The Hall–Kier alpha value is -3.89. The number of aliphatic carboxylic acids is 2. The number of amides is 1. The topological polar surface area (TPSA) is 190 Å². The highest BCUT2D eigenvalue weighted by atomic mass is 16.5. The molecule has 1 aromatic heterocycles. The summed E-state index contributed by atoms with van der Waals surface area (Å²) in [5.41, 5.74) is 10.8. The fraction of sp³-hybridized carbons (Fsp3) is 0.188. The summed E-state index contributed by atoms with van der Waals surface area (Å²) < 4.78 is 5.21. The molecular weight excluding hydrogens is 358 g/mol. The molecule has 1 atom stereocenters. The molecule has 11 heteroatoms. The average Bonchev–Trinajstić information content (AvgIpc) is 2.60. The second-order valence-corrected chi connectivity index (χ2v) is 5.41. The Balaban J connectivity index is 2.47. The monoisotopic (exact) mass is 375 g/mol. The van der Waals surface area contributed by atoms with Gasteiger partial charge in [-0.2, -0.15) is 4.99 Å². The maximum Gasteiger partial charge on any atom is 0.326 e. The number of hydrogen-bond donors (Lipinski definition) is 5. The highest BCUT2D eigenvalue weighted by Gasteiger charge is 2.24. The van der Waals surface area contributed by atoms with Gasteiger partial charge in [0, 0.05) is 16.3 Å². The van der Waals surface area contributed by atoms with Crippen molar-refractivity contribution in [2.75, 3.05) is 7.11 Å². The fourth-order valence-electron chi connectivity index (χ4n) is 2.33. The summed E-state index contributed by atoms with van der Waals surface area (Å²) >= 11 is 0. The number of methoxy groups -OCH3 is 1. The van der Waals surface area contributed by atoms with Gasteiger partial charge < -0.3 is 31.7 Å². The zero-order valence-corrected chi connectivity index (χ0v) is 14.2. The number of ether oxygens (including phenoxy) is 1. The third-order valence-corrected chi connectivity index (χ3v) is 3.53. The van der Waals surface area contributed by atoms with Gasteiger partial charge in [0.25, 0.3) is 5.91 Å². The Morgan fingerprint density at radius 1 is 1.26 bits per heavy atom. The number of nitrogens with zero attached hydrogens (tertiary/aromatic N) is 2. The molecule has 2 aromatic rings. The van der Waals surface area contributed by atoms with Crippen molar-refractivity contribution in [3.8, 4) is 5.75 Å². The minimum Gasteiger partial charge on any atom is -0.494 e. The summed E-state index contributed by atoms with van der Waals surface area (Å²) in [7, 11) is 1.45. The number of carbonyl (C=O) groups excluding carboxylic acids is 1. The van der Waals surface area contributed by atoms with Gasteiger partial charge in [0.15, 0.2) is 11.8 Å². The molecule has 0 spiro atoms. The highest BCUT2D eigenvalue weighted by Crippen LogP contribution is 2.31. The predicted molar refractivity (Wildman–Crippen MR) is 94.9 cm³/mol. The van der Waals surface area contributed by atoms with E-state index >= 15 is 0 Å². The van der Waals surface area contributed by atoms with Crippen LogP contribution in [-0.4, -0.2) is 52.2 Å². The van der Waals surface area contributed by atoms with E-state index in [1.807, 2.05) is 0 Å². The van der Waals surface area contributed by atoms with E-state index in [1.165, 1.54) is 25.4 Å². The number of aliphatic imine (C=N–C) groups is 1. The van der Waals surface area contributed by atoms with Gasteiger partial charge in [0.05, 0.1) is 19.7 Å². The molecule has 11 nitrogen and oxygen atoms in total. The zero-order valence-electron chi connectivity index (χ0n) is 14.2. The Kier molecular flexibility index (Phi) is 5.75. The van der Waals surface area contributed by atoms with Gasteiger partial charge in [-0.3, -0.25) is 9.59 Å². The standard InChI is InChI=1S/C16H17N5O6/c1-27-11-6-19-13(21-16(17)18)9-4-7(2-3-8(9)11)14(24)20-10(15(25)26)5-12(22)23/h2-4,6,10H,5H2,1H3,(H,20,24)(H,22,23)(H,25,26)(H4,17,18,19,21). The molecule has 0 fully saturated rings. The van der Waals surface area contributed by atoms with E-state index in [2.05, 4.69) is 15.3 Å². The maximum atomic E-state index is 12.4. The van der Waals surface area contributed by atoms with Crippen LogP contribution in [-0.2, 0) is 9.59 Å². The molecule has 1 amide bonds. The Morgan fingerprint density at radius 2 is 1.96 bits per heavy atom. The van der Waals surface area contributed by atoms with E-state index in [1.54, 1.807) is 6.07 Å². The van der Waals surface area contributed by atoms with Crippen molar-refractivity contribution in [2.45, 2.75) is 12.5 Å². The first kappa shape index (κ1) is 19.4. The van der Waals surface area contributed by atoms with Crippen LogP contribution in [0.3, 0.4) is 0 Å². The van der Waals surface area contributed by atoms with Crippen molar-refractivity contribution in [3.05, 3.63) is 30.0 Å². The lowest BCUT2D eigenvalue weighted by Gasteiger charge is -2.13. The van der Waals surface area contributed by atoms with Crippen molar-refractivity contribution in [3.63, 3.8) is 0 Å². The summed E-state index contributed by atoms with van der Waals surface area (Å²) in [6, 6.07) is 2.82. The van der Waals surface area contributed by atoms with E-state index in [0.717, 1.165) is 0 Å². The number of nitrogens with one attached hydrogen (secondary N) is 1. The van der Waals surface area contributed by atoms with Crippen LogP contribution in [0.2, 0.25) is 0 Å². The fourth-order valence-corrected chi connectivity index (χ4v) is 2.33. The van der Waals surface area contributed by atoms with E-state index in [4.69, 9.17) is 26.4 Å². The average molecular weight is 375 g/mol. The van der Waals surface area contributed by atoms with Gasteiger partial charge >= 0.3 is 11.9 Å². The van der Waals surface area contributed by atoms with Crippen LogP contribution in [0.1, 0.15) is 16.8 Å². The molecule has 1 aromatic carbocycles. The van der Waals surface area contributed by atoms with Crippen LogP contribution < -0.4 is 21.5 Å². The third-order valence-electron chi connectivity index (χ3n) is 3.53. The molecule has 0 radical (unpaired) electrons. The highest BCUT2D eigenvalue weighted by molar-refractivity contribution is 6.04. The van der Waals surface area contributed by atoms with E-state index in [9.17, 15) is 14.4 Å². The van der Waals surface area contributed by atoms with Gasteiger partial charge in [0.2, 0.25) is 0 Å². The number of carboxylic acids is 2. The van der Waals surface area contributed by atoms with Crippen molar-refractivity contribution >= 4 is 40.4 Å². The molecule has 1 heterocycles. The summed E-state index contributed by atoms with van der Waals surface area (Å²) in [6.45, 7) is 0. The number of fused-ring (bicyclic) bond motifs is 1. The lowest BCUT2D eigenvalue weighted by molar-refractivity contribution is -0.145. The zero-order chi connectivity index (χ0) is 20.1. The molecule has 0 aliphatic rings. The molecule has 2 rings (SSSR count). The molecule has 7 N–H and O–H groups in total. The molecule has 142 valence electrons. The maximum absolute atomic E-state index is 12.4. The SMILES string of the molecule is COc1cnc(N=C(N)N)c2cc(C(=O)NC(CC(=O)O)C(=O)O)ccc12. The number of rotatable bonds is 7. The van der Waals surface area contributed by atoms with Gasteiger partial charge in [-0.15, -0.1) is 0 Å². The summed E-state index contributed by atoms with van der Waals surface area (Å²) in [6.07, 6.45) is 0.653. The predicted octanol–water partition coefficient (Wildman–Crippen LogP) is -0.194. The smallest absolute Gasteiger partial charge is 0.326 e. The molecule has 0 saturated carbocycles. The number of carbonyl (C=O) groups is 3. The Bertz CT molecular complexity index is 938. The van der Waals surface area contributed by atoms with Crippen molar-refractivity contribution in [2.24, 2.45) is 16.5 Å². The Morgan fingerprint density at radius 3 is 2.52 bits per heavy atom. The largest absolute Gasteiger partial charge is 0.494 e. The van der Waals surface area contributed by atoms with Crippen LogP contribution in [0, 0.1) is 0 Å². The van der Waals surface area contributed by atoms with E-state index in [-0.39, 0.29) is 17.3 Å². The summed E-state index contributed by atoms with van der Waals surface area (Å²) in [5.74, 6) is -3.27. The van der Waals surface area contributed by atoms with Gasteiger partial charge in [-0.05, 0) is 18.2 Å². The van der Waals surface area contributed by atoms with E-state index in [0.29, 0.717) is 16.5 Å². The van der Waals surface area contributed by atoms with Crippen LogP contribution >= 0.6 is 0 Å². The van der Waals surface area contributed by atoms with Crippen LogP contribution in [0.5, 0.6) is 5.75 Å². The normalized spacial score (nSPS) is 11.4. The van der Waals surface area contributed by atoms with Gasteiger partial charge in [0.1, 0.15) is 11.8 Å². The minimum atomic E-state index is -1.58. The number of aromatic nitrogens is 1. The molecule has 0 bridgehead atoms. The molecule has 27 heavy (non-hydrogen) atoms. The third kappa shape index (κ3) is 4.60. The van der Waals surface area contributed by atoms with Gasteiger partial charge in [-0.1, -0.05) is 0 Å². The molecule has 0 saturated heterocycles. The number of guanidine groups is 1. The quantitative estimate of drug-likeness (QED) is 0.322. The minimum absolute atomic E-state index is 0.0706. The first-order valence-corrected chi connectivity index (χ1v) is 7.54.